The van der Waals surface area contributed by atoms with Crippen molar-refractivity contribution in [2.45, 2.75) is 0 Å². The Kier molecular flexibility index (Phi) is 2.10. The van der Waals surface area contributed by atoms with E-state index in [0.717, 1.165) is 9.80 Å². The Hall–Kier alpha value is -0.680. The zero-order valence-electron chi connectivity index (χ0n) is 5.70. The molecule has 1 aliphatic heterocycles. The highest BCUT2D eigenvalue weighted by atomic mass is 35.5. The van der Waals surface area contributed by atoms with Gasteiger partial charge in [-0.3, -0.25) is 19.4 Å². The Balaban J connectivity index is 2.95. The molecule has 0 unspecified atom stereocenters. The van der Waals surface area contributed by atoms with Crippen molar-refractivity contribution in [2.75, 3.05) is 13.1 Å². The lowest BCUT2D eigenvalue weighted by Crippen LogP contribution is -2.29. The number of carbonyl (C=O) groups is 2. The van der Waals surface area contributed by atoms with Crippen LogP contribution >= 0.6 is 23.8 Å². The second-order valence-corrected chi connectivity index (χ2v) is 2.60. The van der Waals surface area contributed by atoms with Crippen LogP contribution in [0.1, 0.15) is 0 Å². The molecule has 1 fully saturated rings. The van der Waals surface area contributed by atoms with E-state index in [1.165, 1.54) is 7.05 Å². The van der Waals surface area contributed by atoms with Gasteiger partial charge in [0, 0.05) is 7.05 Å². The smallest absolute Gasteiger partial charge is 0.284 e. The highest BCUT2D eigenvalue weighted by Gasteiger charge is 2.38. The number of carbonyl (C=O) groups excluding carboxylic acids is 2. The fraction of sp³-hybridized carbons (Fsp3) is 0.400. The molecule has 0 N–H and O–H groups in total. The first-order chi connectivity index (χ1) is 5.09. The Bertz CT molecular complexity index is 243. The van der Waals surface area contributed by atoms with Crippen LogP contribution in [0.5, 0.6) is 0 Å². The van der Waals surface area contributed by atoms with Gasteiger partial charge in [-0.25, -0.2) is 0 Å². The predicted molar refractivity (Wildman–Crippen MR) is 42.9 cm³/mol. The molecule has 0 aromatic rings. The molecule has 0 radical (unpaired) electrons. The zero-order chi connectivity index (χ0) is 8.59. The van der Waals surface area contributed by atoms with E-state index in [0.29, 0.717) is 0 Å². The molecule has 1 rings (SSSR count). The quantitative estimate of drug-likeness (QED) is 0.249. The summed E-state index contributed by atoms with van der Waals surface area (Å²) in [4.78, 5) is 23.9. The Morgan fingerprint density at radius 2 is 2.00 bits per heavy atom. The van der Waals surface area contributed by atoms with Gasteiger partial charge in [0.15, 0.2) is 5.11 Å². The second kappa shape index (κ2) is 2.75. The lowest BCUT2D eigenvalue weighted by atomic mass is 10.6. The van der Waals surface area contributed by atoms with Crippen LogP contribution in [0.2, 0.25) is 0 Å². The Labute approximate surface area is 73.7 Å². The maximum absolute atomic E-state index is 10.9. The van der Waals surface area contributed by atoms with E-state index in [1.54, 1.807) is 0 Å². The molecule has 1 saturated heterocycles. The molecule has 0 aromatic carbocycles. The van der Waals surface area contributed by atoms with Crippen molar-refractivity contribution < 1.29 is 9.59 Å². The SMILES string of the molecule is CN1C(=O)C(=O)N(CCl)C1=S. The monoisotopic (exact) mass is 192 g/mol. The number of hydrogen-bond donors (Lipinski definition) is 0. The van der Waals surface area contributed by atoms with Crippen molar-refractivity contribution in [1.29, 1.82) is 0 Å². The van der Waals surface area contributed by atoms with Gasteiger partial charge in [0.2, 0.25) is 0 Å². The Morgan fingerprint density at radius 1 is 1.45 bits per heavy atom. The van der Waals surface area contributed by atoms with Crippen LogP contribution in [0.4, 0.5) is 0 Å². The number of hydrogen-bond acceptors (Lipinski definition) is 3. The van der Waals surface area contributed by atoms with E-state index in [1.807, 2.05) is 0 Å². The second-order valence-electron chi connectivity index (χ2n) is 2.00. The fourth-order valence-electron chi connectivity index (χ4n) is 0.719. The van der Waals surface area contributed by atoms with Crippen LogP contribution in [0.25, 0.3) is 0 Å². The lowest BCUT2D eigenvalue weighted by molar-refractivity contribution is -0.142. The molecular formula is C5H5ClN2O2S. The molecule has 2 amide bonds. The van der Waals surface area contributed by atoms with Gasteiger partial charge >= 0.3 is 11.8 Å². The molecule has 0 aromatic heterocycles. The number of nitrogens with zero attached hydrogens (tertiary/aromatic N) is 2. The van der Waals surface area contributed by atoms with Crippen molar-refractivity contribution in [3.8, 4) is 0 Å². The van der Waals surface area contributed by atoms with E-state index >= 15 is 0 Å². The Morgan fingerprint density at radius 3 is 2.18 bits per heavy atom. The van der Waals surface area contributed by atoms with Crippen molar-refractivity contribution in [1.82, 2.24) is 9.80 Å². The highest BCUT2D eigenvalue weighted by Crippen LogP contribution is 2.09. The zero-order valence-corrected chi connectivity index (χ0v) is 7.28. The van der Waals surface area contributed by atoms with Crippen molar-refractivity contribution >= 4 is 40.7 Å². The summed E-state index contributed by atoms with van der Waals surface area (Å²) in [5.74, 6) is -1.29. The van der Waals surface area contributed by atoms with Gasteiger partial charge < -0.3 is 0 Å². The van der Waals surface area contributed by atoms with Crippen molar-refractivity contribution in [3.63, 3.8) is 0 Å². The molecule has 4 nitrogen and oxygen atoms in total. The van der Waals surface area contributed by atoms with Gasteiger partial charge in [0.1, 0.15) is 6.00 Å². The third-order valence-corrected chi connectivity index (χ3v) is 2.10. The van der Waals surface area contributed by atoms with Crippen LogP contribution in [-0.4, -0.2) is 39.8 Å². The molecule has 0 saturated carbocycles. The number of thiocarbonyl (C=S) groups is 1. The number of likely N-dealkylation sites (N-methyl/N-ethyl adjacent to an activating group) is 1. The van der Waals surface area contributed by atoms with Gasteiger partial charge in [-0.15, -0.1) is 11.6 Å². The summed E-state index contributed by atoms with van der Waals surface area (Å²) in [5.41, 5.74) is 0. The van der Waals surface area contributed by atoms with Gasteiger partial charge in [-0.1, -0.05) is 0 Å². The summed E-state index contributed by atoms with van der Waals surface area (Å²) in [6.07, 6.45) is 0. The van der Waals surface area contributed by atoms with Crippen LogP contribution in [0.3, 0.4) is 0 Å². The number of alkyl halides is 1. The van der Waals surface area contributed by atoms with Crippen LogP contribution < -0.4 is 0 Å². The summed E-state index contributed by atoms with van der Waals surface area (Å²) in [5, 5.41) is 0.162. The predicted octanol–water partition coefficient (Wildman–Crippen LogP) is -0.232. The molecule has 0 spiro atoms. The van der Waals surface area contributed by atoms with E-state index in [9.17, 15) is 9.59 Å². The lowest BCUT2D eigenvalue weighted by Gasteiger charge is -2.10. The maximum atomic E-state index is 10.9. The minimum absolute atomic E-state index is 0.0756. The van der Waals surface area contributed by atoms with Gasteiger partial charge in [-0.05, 0) is 12.2 Å². The van der Waals surface area contributed by atoms with Crippen LogP contribution in [-0.2, 0) is 9.59 Å². The number of amides is 2. The standard InChI is InChI=1S/C5H5ClN2O2S/c1-7-3(9)4(10)8(2-6)5(7)11/h2H2,1H3. The van der Waals surface area contributed by atoms with Gasteiger partial charge in [0.25, 0.3) is 0 Å². The molecule has 0 aliphatic carbocycles. The number of halogens is 1. The minimum Gasteiger partial charge on any atom is -0.284 e. The molecule has 11 heavy (non-hydrogen) atoms. The largest absolute Gasteiger partial charge is 0.319 e. The van der Waals surface area contributed by atoms with E-state index in [2.05, 4.69) is 0 Å². The van der Waals surface area contributed by atoms with Crippen molar-refractivity contribution in [2.24, 2.45) is 0 Å². The molecule has 60 valence electrons. The van der Waals surface area contributed by atoms with Gasteiger partial charge in [-0.2, -0.15) is 0 Å². The summed E-state index contributed by atoms with van der Waals surface area (Å²) >= 11 is 10.1. The molecule has 1 heterocycles. The van der Waals surface area contributed by atoms with Crippen LogP contribution in [0, 0.1) is 0 Å². The molecular weight excluding hydrogens is 188 g/mol. The first-order valence-electron chi connectivity index (χ1n) is 2.79. The molecule has 6 heteroatoms. The van der Waals surface area contributed by atoms with Crippen molar-refractivity contribution in [3.05, 3.63) is 0 Å². The van der Waals surface area contributed by atoms with Crippen LogP contribution in [0.15, 0.2) is 0 Å². The first kappa shape index (κ1) is 8.42. The van der Waals surface area contributed by atoms with E-state index < -0.39 is 11.8 Å². The third-order valence-electron chi connectivity index (χ3n) is 1.37. The van der Waals surface area contributed by atoms with E-state index in [-0.39, 0.29) is 11.1 Å². The normalized spacial score (nSPS) is 18.5. The number of rotatable bonds is 1. The maximum Gasteiger partial charge on any atom is 0.319 e. The topological polar surface area (TPSA) is 40.6 Å². The molecule has 1 aliphatic rings. The summed E-state index contributed by atoms with van der Waals surface area (Å²) in [6, 6.07) is -0.0756. The fourth-order valence-corrected chi connectivity index (χ4v) is 1.24. The first-order valence-corrected chi connectivity index (χ1v) is 3.73. The highest BCUT2D eigenvalue weighted by molar-refractivity contribution is 7.80. The summed E-state index contributed by atoms with van der Waals surface area (Å²) < 4.78 is 0. The third kappa shape index (κ3) is 1.10. The average molecular weight is 193 g/mol. The summed E-state index contributed by atoms with van der Waals surface area (Å²) in [7, 11) is 1.44. The molecule has 0 atom stereocenters. The average Bonchev–Trinajstić information content (AvgIpc) is 2.17. The van der Waals surface area contributed by atoms with Gasteiger partial charge in [0.05, 0.1) is 0 Å². The van der Waals surface area contributed by atoms with E-state index in [4.69, 9.17) is 23.8 Å². The molecule has 0 bridgehead atoms. The summed E-state index contributed by atoms with van der Waals surface area (Å²) in [6.45, 7) is 0. The minimum atomic E-state index is -0.660.